The maximum absolute atomic E-state index is 12.3. The second kappa shape index (κ2) is 6.58. The number of carbonyl (C=O) groups is 2. The van der Waals surface area contributed by atoms with Crippen LogP contribution in [0.25, 0.3) is 11.8 Å². The van der Waals surface area contributed by atoms with Gasteiger partial charge in [0.25, 0.3) is 5.91 Å². The molecule has 1 fully saturated rings. The zero-order valence-electron chi connectivity index (χ0n) is 14.1. The molecule has 5 nitrogen and oxygen atoms in total. The van der Waals surface area contributed by atoms with Gasteiger partial charge in [-0.2, -0.15) is 0 Å². The lowest BCUT2D eigenvalue weighted by atomic mass is 10.2. The second-order valence-electron chi connectivity index (χ2n) is 5.77. The number of rotatable bonds is 3. The smallest absolute Gasteiger partial charge is 0.316 e. The van der Waals surface area contributed by atoms with Crippen LogP contribution in [0.2, 0.25) is 10.0 Å². The van der Waals surface area contributed by atoms with Crippen LogP contribution in [0.5, 0.6) is 0 Å². The SMILES string of the molecule is CCN1C(=O)N/C(=C/c2cc(C)n(-c3cccc(Cl)c3Cl)c2C)C1=O. The van der Waals surface area contributed by atoms with E-state index in [1.54, 1.807) is 19.1 Å². The van der Waals surface area contributed by atoms with Crippen LogP contribution < -0.4 is 5.32 Å². The summed E-state index contributed by atoms with van der Waals surface area (Å²) in [4.78, 5) is 25.2. The van der Waals surface area contributed by atoms with Gasteiger partial charge in [0.05, 0.1) is 15.7 Å². The molecule has 130 valence electrons. The lowest BCUT2D eigenvalue weighted by Crippen LogP contribution is -2.30. The number of hydrogen-bond donors (Lipinski definition) is 1. The van der Waals surface area contributed by atoms with Gasteiger partial charge in [-0.3, -0.25) is 9.69 Å². The van der Waals surface area contributed by atoms with Crippen molar-refractivity contribution < 1.29 is 9.59 Å². The zero-order chi connectivity index (χ0) is 18.3. The van der Waals surface area contributed by atoms with Gasteiger partial charge in [-0.25, -0.2) is 4.79 Å². The molecule has 7 heteroatoms. The van der Waals surface area contributed by atoms with Crippen molar-refractivity contribution in [2.24, 2.45) is 0 Å². The summed E-state index contributed by atoms with van der Waals surface area (Å²) in [5.74, 6) is -0.321. The summed E-state index contributed by atoms with van der Waals surface area (Å²) in [6.45, 7) is 5.96. The number of aryl methyl sites for hydroxylation is 1. The molecule has 0 bridgehead atoms. The highest BCUT2D eigenvalue weighted by atomic mass is 35.5. The summed E-state index contributed by atoms with van der Waals surface area (Å²) in [6.07, 6.45) is 1.69. The molecular weight excluding hydrogens is 361 g/mol. The molecule has 1 aromatic heterocycles. The number of benzene rings is 1. The first kappa shape index (κ1) is 17.6. The lowest BCUT2D eigenvalue weighted by Gasteiger charge is -2.12. The van der Waals surface area contributed by atoms with Gasteiger partial charge in [0, 0.05) is 17.9 Å². The number of likely N-dealkylation sites (N-methyl/N-ethyl adjacent to an activating group) is 1. The normalized spacial score (nSPS) is 16.0. The van der Waals surface area contributed by atoms with Crippen LogP contribution in [-0.2, 0) is 4.79 Å². The largest absolute Gasteiger partial charge is 0.328 e. The molecule has 0 saturated carbocycles. The monoisotopic (exact) mass is 377 g/mol. The first-order chi connectivity index (χ1) is 11.8. The Balaban J connectivity index is 2.07. The van der Waals surface area contributed by atoms with Crippen molar-refractivity contribution in [2.75, 3.05) is 6.54 Å². The van der Waals surface area contributed by atoms with Crippen molar-refractivity contribution in [3.05, 3.63) is 57.0 Å². The molecular formula is C18H17Cl2N3O2. The topological polar surface area (TPSA) is 54.3 Å². The molecule has 1 N–H and O–H groups in total. The van der Waals surface area contributed by atoms with E-state index in [4.69, 9.17) is 23.2 Å². The minimum Gasteiger partial charge on any atom is -0.316 e. The second-order valence-corrected chi connectivity index (χ2v) is 6.56. The third-order valence-corrected chi connectivity index (χ3v) is 5.03. The minimum atomic E-state index is -0.398. The Morgan fingerprint density at radius 3 is 2.56 bits per heavy atom. The number of amides is 3. The fraction of sp³-hybridized carbons (Fsp3) is 0.222. The molecule has 0 unspecified atom stereocenters. The van der Waals surface area contributed by atoms with Crippen molar-refractivity contribution in [3.63, 3.8) is 0 Å². The third-order valence-electron chi connectivity index (χ3n) is 4.22. The molecule has 0 aliphatic carbocycles. The standard InChI is InChI=1S/C18H17Cl2N3O2/c1-4-22-17(24)14(21-18(22)25)9-12-8-10(2)23(11(12)3)15-7-5-6-13(19)16(15)20/h5-9H,4H2,1-3H3,(H,21,25)/b14-9+. The predicted molar refractivity (Wildman–Crippen MR) is 99.2 cm³/mol. The van der Waals surface area contributed by atoms with Gasteiger partial charge < -0.3 is 9.88 Å². The van der Waals surface area contributed by atoms with Crippen LogP contribution >= 0.6 is 23.2 Å². The fourth-order valence-corrected chi connectivity index (χ4v) is 3.36. The molecule has 1 aliphatic rings. The number of nitrogens with one attached hydrogen (secondary N) is 1. The van der Waals surface area contributed by atoms with Crippen molar-refractivity contribution in [3.8, 4) is 5.69 Å². The number of halogens is 2. The van der Waals surface area contributed by atoms with Crippen LogP contribution in [0.1, 0.15) is 23.9 Å². The van der Waals surface area contributed by atoms with E-state index in [0.717, 1.165) is 22.6 Å². The fourth-order valence-electron chi connectivity index (χ4n) is 2.98. The van der Waals surface area contributed by atoms with E-state index in [1.807, 2.05) is 36.6 Å². The Bertz CT molecular complexity index is 915. The Hall–Kier alpha value is -2.24. The summed E-state index contributed by atoms with van der Waals surface area (Å²) in [6, 6.07) is 6.99. The van der Waals surface area contributed by atoms with E-state index in [2.05, 4.69) is 5.32 Å². The first-order valence-electron chi connectivity index (χ1n) is 7.83. The van der Waals surface area contributed by atoms with E-state index in [9.17, 15) is 9.59 Å². The molecule has 3 rings (SSSR count). The summed E-state index contributed by atoms with van der Waals surface area (Å²) < 4.78 is 1.97. The molecule has 2 heterocycles. The van der Waals surface area contributed by atoms with Crippen molar-refractivity contribution >= 4 is 41.2 Å². The molecule has 3 amide bonds. The van der Waals surface area contributed by atoms with Gasteiger partial charge in [0.15, 0.2) is 0 Å². The van der Waals surface area contributed by atoms with Gasteiger partial charge in [0.2, 0.25) is 0 Å². The number of urea groups is 1. The van der Waals surface area contributed by atoms with Crippen LogP contribution in [0.4, 0.5) is 4.79 Å². The molecule has 1 saturated heterocycles. The molecule has 1 aliphatic heterocycles. The highest BCUT2D eigenvalue weighted by Crippen LogP contribution is 2.32. The van der Waals surface area contributed by atoms with Crippen molar-refractivity contribution in [2.45, 2.75) is 20.8 Å². The number of imide groups is 1. The Kier molecular flexibility index (Phi) is 4.62. The average molecular weight is 378 g/mol. The molecule has 0 spiro atoms. The van der Waals surface area contributed by atoms with Gasteiger partial charge >= 0.3 is 6.03 Å². The van der Waals surface area contributed by atoms with Crippen LogP contribution in [0.3, 0.4) is 0 Å². The third kappa shape index (κ3) is 2.94. The summed E-state index contributed by atoms with van der Waals surface area (Å²) >= 11 is 12.5. The lowest BCUT2D eigenvalue weighted by molar-refractivity contribution is -0.122. The molecule has 1 aromatic carbocycles. The van der Waals surface area contributed by atoms with Crippen molar-refractivity contribution in [1.82, 2.24) is 14.8 Å². The van der Waals surface area contributed by atoms with Crippen LogP contribution in [0, 0.1) is 13.8 Å². The van der Waals surface area contributed by atoms with Crippen LogP contribution in [0.15, 0.2) is 30.0 Å². The van der Waals surface area contributed by atoms with E-state index in [-0.39, 0.29) is 11.6 Å². The van der Waals surface area contributed by atoms with Gasteiger partial charge in [-0.1, -0.05) is 29.3 Å². The average Bonchev–Trinajstić information content (AvgIpc) is 2.99. The number of aromatic nitrogens is 1. The maximum atomic E-state index is 12.3. The van der Waals surface area contributed by atoms with Gasteiger partial charge in [0.1, 0.15) is 5.70 Å². The van der Waals surface area contributed by atoms with Crippen LogP contribution in [-0.4, -0.2) is 28.0 Å². The quantitative estimate of drug-likeness (QED) is 0.639. The van der Waals surface area contributed by atoms with E-state index in [0.29, 0.717) is 16.6 Å². The van der Waals surface area contributed by atoms with E-state index >= 15 is 0 Å². The minimum absolute atomic E-state index is 0.268. The van der Waals surface area contributed by atoms with E-state index < -0.39 is 6.03 Å². The highest BCUT2D eigenvalue weighted by molar-refractivity contribution is 6.43. The molecule has 0 atom stereocenters. The molecule has 25 heavy (non-hydrogen) atoms. The summed E-state index contributed by atoms with van der Waals surface area (Å²) in [5, 5.41) is 3.55. The number of hydrogen-bond acceptors (Lipinski definition) is 2. The number of carbonyl (C=O) groups excluding carboxylic acids is 2. The highest BCUT2D eigenvalue weighted by Gasteiger charge is 2.32. The summed E-state index contributed by atoms with van der Waals surface area (Å²) in [5.41, 5.74) is 3.70. The van der Waals surface area contributed by atoms with Gasteiger partial charge in [-0.15, -0.1) is 0 Å². The number of nitrogens with zero attached hydrogens (tertiary/aromatic N) is 2. The van der Waals surface area contributed by atoms with Gasteiger partial charge in [-0.05, 0) is 50.6 Å². The Morgan fingerprint density at radius 1 is 1.20 bits per heavy atom. The van der Waals surface area contributed by atoms with Crippen molar-refractivity contribution in [1.29, 1.82) is 0 Å². The predicted octanol–water partition coefficient (Wildman–Crippen LogP) is 4.31. The van der Waals surface area contributed by atoms with E-state index in [1.165, 1.54) is 4.90 Å². The Labute approximate surface area is 155 Å². The first-order valence-corrected chi connectivity index (χ1v) is 8.58. The zero-order valence-corrected chi connectivity index (χ0v) is 15.6. The molecule has 0 radical (unpaired) electrons. The molecule has 2 aromatic rings. The summed E-state index contributed by atoms with van der Waals surface area (Å²) in [7, 11) is 0. The Morgan fingerprint density at radius 2 is 1.92 bits per heavy atom. The maximum Gasteiger partial charge on any atom is 0.328 e.